The van der Waals surface area contributed by atoms with Crippen LogP contribution in [0.25, 0.3) is 17.1 Å². The van der Waals surface area contributed by atoms with Crippen molar-refractivity contribution in [2.75, 3.05) is 0 Å². The molecule has 0 spiro atoms. The fourth-order valence-electron chi connectivity index (χ4n) is 1.07. The van der Waals surface area contributed by atoms with Crippen molar-refractivity contribution in [3.05, 3.63) is 24.5 Å². The quantitative estimate of drug-likeness (QED) is 0.625. The van der Waals surface area contributed by atoms with Gasteiger partial charge in [-0.2, -0.15) is 5.10 Å². The van der Waals surface area contributed by atoms with Crippen LogP contribution >= 0.6 is 0 Å². The molecule has 0 saturated carbocycles. The zero-order chi connectivity index (χ0) is 8.55. The SMILES string of the molecule is C=Cc1cc2cnn(C)c2nn1. The summed E-state index contributed by atoms with van der Waals surface area (Å²) in [6, 6.07) is 1.91. The Morgan fingerprint density at radius 2 is 2.33 bits per heavy atom. The summed E-state index contributed by atoms with van der Waals surface area (Å²) in [5.74, 6) is 0. The summed E-state index contributed by atoms with van der Waals surface area (Å²) < 4.78 is 1.69. The Labute approximate surface area is 69.5 Å². The molecule has 0 aliphatic rings. The lowest BCUT2D eigenvalue weighted by atomic mass is 10.3. The predicted molar refractivity (Wildman–Crippen MR) is 46.4 cm³/mol. The highest BCUT2D eigenvalue weighted by Gasteiger charge is 2.00. The highest BCUT2D eigenvalue weighted by atomic mass is 15.3. The minimum Gasteiger partial charge on any atom is -0.249 e. The molecule has 2 aromatic rings. The van der Waals surface area contributed by atoms with Crippen molar-refractivity contribution in [2.24, 2.45) is 7.05 Å². The largest absolute Gasteiger partial charge is 0.249 e. The van der Waals surface area contributed by atoms with E-state index in [1.807, 2.05) is 13.1 Å². The number of aryl methyl sites for hydroxylation is 1. The first-order valence-corrected chi connectivity index (χ1v) is 3.59. The molecule has 0 saturated heterocycles. The maximum atomic E-state index is 4.05. The number of hydrogen-bond acceptors (Lipinski definition) is 3. The summed E-state index contributed by atoms with van der Waals surface area (Å²) in [7, 11) is 1.84. The predicted octanol–water partition coefficient (Wildman–Crippen LogP) is 1.01. The second-order valence-corrected chi connectivity index (χ2v) is 2.52. The smallest absolute Gasteiger partial charge is 0.180 e. The summed E-state index contributed by atoms with van der Waals surface area (Å²) in [4.78, 5) is 0. The number of nitrogens with zero attached hydrogens (tertiary/aromatic N) is 4. The van der Waals surface area contributed by atoms with E-state index < -0.39 is 0 Å². The van der Waals surface area contributed by atoms with Crippen LogP contribution in [0.4, 0.5) is 0 Å². The molecule has 0 unspecified atom stereocenters. The van der Waals surface area contributed by atoms with E-state index in [2.05, 4.69) is 21.9 Å². The van der Waals surface area contributed by atoms with Gasteiger partial charge in [0, 0.05) is 12.4 Å². The standard InChI is InChI=1S/C8H8N4/c1-3-7-4-6-5-9-12(2)8(6)11-10-7/h3-5H,1H2,2H3. The zero-order valence-corrected chi connectivity index (χ0v) is 6.73. The molecule has 0 amide bonds. The molecule has 0 aliphatic carbocycles. The van der Waals surface area contributed by atoms with Gasteiger partial charge in [0.15, 0.2) is 5.65 Å². The Balaban J connectivity index is 2.77. The molecule has 0 fully saturated rings. The van der Waals surface area contributed by atoms with Crippen molar-refractivity contribution in [3.63, 3.8) is 0 Å². The van der Waals surface area contributed by atoms with Crippen LogP contribution in [-0.2, 0) is 7.05 Å². The summed E-state index contributed by atoms with van der Waals surface area (Å²) in [5, 5.41) is 13.0. The van der Waals surface area contributed by atoms with E-state index >= 15 is 0 Å². The van der Waals surface area contributed by atoms with Gasteiger partial charge in [-0.3, -0.25) is 0 Å². The summed E-state index contributed by atoms with van der Waals surface area (Å²) in [5.41, 5.74) is 1.57. The first-order valence-electron chi connectivity index (χ1n) is 3.59. The molecule has 0 aromatic carbocycles. The van der Waals surface area contributed by atoms with E-state index in [-0.39, 0.29) is 0 Å². The third-order valence-electron chi connectivity index (χ3n) is 1.71. The van der Waals surface area contributed by atoms with Crippen LogP contribution in [0, 0.1) is 0 Å². The molecule has 4 nitrogen and oxygen atoms in total. The third kappa shape index (κ3) is 0.887. The zero-order valence-electron chi connectivity index (χ0n) is 6.73. The lowest BCUT2D eigenvalue weighted by Crippen LogP contribution is -1.93. The molecule has 0 atom stereocenters. The molecule has 12 heavy (non-hydrogen) atoms. The van der Waals surface area contributed by atoms with Crippen molar-refractivity contribution in [1.29, 1.82) is 0 Å². The molecule has 60 valence electrons. The van der Waals surface area contributed by atoms with Gasteiger partial charge in [-0.1, -0.05) is 6.58 Å². The van der Waals surface area contributed by atoms with Gasteiger partial charge >= 0.3 is 0 Å². The lowest BCUT2D eigenvalue weighted by Gasteiger charge is -1.92. The van der Waals surface area contributed by atoms with Crippen LogP contribution < -0.4 is 0 Å². The van der Waals surface area contributed by atoms with E-state index in [4.69, 9.17) is 0 Å². The van der Waals surface area contributed by atoms with Crippen LogP contribution in [0.2, 0.25) is 0 Å². The van der Waals surface area contributed by atoms with E-state index in [0.29, 0.717) is 0 Å². The van der Waals surface area contributed by atoms with E-state index in [0.717, 1.165) is 16.7 Å². The Morgan fingerprint density at radius 1 is 1.50 bits per heavy atom. The Morgan fingerprint density at radius 3 is 3.08 bits per heavy atom. The second-order valence-electron chi connectivity index (χ2n) is 2.52. The van der Waals surface area contributed by atoms with Crippen molar-refractivity contribution < 1.29 is 0 Å². The maximum absolute atomic E-state index is 4.05. The second kappa shape index (κ2) is 2.41. The van der Waals surface area contributed by atoms with Crippen molar-refractivity contribution >= 4 is 17.1 Å². The van der Waals surface area contributed by atoms with Crippen LogP contribution in [0.1, 0.15) is 5.69 Å². The molecule has 0 radical (unpaired) electrons. The molecular formula is C8H8N4. The molecule has 0 bridgehead atoms. The minimum atomic E-state index is 0.774. The number of aromatic nitrogens is 4. The maximum Gasteiger partial charge on any atom is 0.180 e. The number of rotatable bonds is 1. The Bertz CT molecular complexity index is 430. The van der Waals surface area contributed by atoms with Gasteiger partial charge in [-0.05, 0) is 12.1 Å². The molecule has 4 heteroatoms. The topological polar surface area (TPSA) is 43.6 Å². The van der Waals surface area contributed by atoms with Gasteiger partial charge in [0.05, 0.1) is 11.9 Å². The van der Waals surface area contributed by atoms with E-state index in [1.54, 1.807) is 17.0 Å². The van der Waals surface area contributed by atoms with Crippen molar-refractivity contribution in [1.82, 2.24) is 20.0 Å². The number of hydrogen-bond donors (Lipinski definition) is 0. The van der Waals surface area contributed by atoms with Gasteiger partial charge in [0.1, 0.15) is 0 Å². The van der Waals surface area contributed by atoms with Crippen molar-refractivity contribution in [2.45, 2.75) is 0 Å². The molecular weight excluding hydrogens is 152 g/mol. The monoisotopic (exact) mass is 160 g/mol. The molecule has 2 rings (SSSR count). The molecule has 2 aromatic heterocycles. The van der Waals surface area contributed by atoms with Crippen LogP contribution in [0.5, 0.6) is 0 Å². The van der Waals surface area contributed by atoms with Gasteiger partial charge < -0.3 is 0 Å². The fourth-order valence-corrected chi connectivity index (χ4v) is 1.07. The molecule has 0 aliphatic heterocycles. The molecule has 2 heterocycles. The average Bonchev–Trinajstić information content (AvgIpc) is 2.47. The van der Waals surface area contributed by atoms with Gasteiger partial charge in [0.2, 0.25) is 0 Å². The van der Waals surface area contributed by atoms with E-state index in [9.17, 15) is 0 Å². The summed E-state index contributed by atoms with van der Waals surface area (Å²) in [6.45, 7) is 3.61. The van der Waals surface area contributed by atoms with Crippen LogP contribution in [0.15, 0.2) is 18.8 Å². The van der Waals surface area contributed by atoms with Gasteiger partial charge in [-0.15, -0.1) is 10.2 Å². The third-order valence-corrected chi connectivity index (χ3v) is 1.71. The normalized spacial score (nSPS) is 10.4. The number of fused-ring (bicyclic) bond motifs is 1. The average molecular weight is 160 g/mol. The fraction of sp³-hybridized carbons (Fsp3) is 0.125. The van der Waals surface area contributed by atoms with Crippen LogP contribution in [0.3, 0.4) is 0 Å². The van der Waals surface area contributed by atoms with E-state index in [1.165, 1.54) is 0 Å². The van der Waals surface area contributed by atoms with Gasteiger partial charge in [-0.25, -0.2) is 4.68 Å². The molecule has 0 N–H and O–H groups in total. The van der Waals surface area contributed by atoms with Gasteiger partial charge in [0.25, 0.3) is 0 Å². The first-order chi connectivity index (χ1) is 5.81. The Hall–Kier alpha value is -1.71. The minimum absolute atomic E-state index is 0.774. The highest BCUT2D eigenvalue weighted by Crippen LogP contribution is 2.09. The summed E-state index contributed by atoms with van der Waals surface area (Å²) >= 11 is 0. The highest BCUT2D eigenvalue weighted by molar-refractivity contribution is 5.75. The Kier molecular flexibility index (Phi) is 1.40. The van der Waals surface area contributed by atoms with Crippen molar-refractivity contribution in [3.8, 4) is 0 Å². The van der Waals surface area contributed by atoms with Crippen LogP contribution in [-0.4, -0.2) is 20.0 Å². The summed E-state index contributed by atoms with van der Waals surface area (Å²) in [6.07, 6.45) is 3.43. The first kappa shape index (κ1) is 6.97. The lowest BCUT2D eigenvalue weighted by molar-refractivity contribution is 0.777.